The number of hydrogen-bond acceptors (Lipinski definition) is 7. The third-order valence-electron chi connectivity index (χ3n) is 7.08. The Kier molecular flexibility index (Phi) is 8.32. The van der Waals surface area contributed by atoms with Gasteiger partial charge in [-0.15, -0.1) is 11.3 Å². The van der Waals surface area contributed by atoms with Gasteiger partial charge in [0.1, 0.15) is 23.6 Å². The van der Waals surface area contributed by atoms with Gasteiger partial charge in [0.25, 0.3) is 10.0 Å². The Labute approximate surface area is 277 Å². The number of rotatable bonds is 8. The quantitative estimate of drug-likeness (QED) is 0.0878. The lowest BCUT2D eigenvalue weighted by Gasteiger charge is -2.18. The Morgan fingerprint density at radius 3 is 2.44 bits per heavy atom. The largest absolute Gasteiger partial charge is 0.453 e. The minimum absolute atomic E-state index is 0.0476. The minimum Gasteiger partial charge on any atom is -0.453 e. The first-order valence-corrected chi connectivity index (χ1v) is 19.6. The van der Waals surface area contributed by atoms with Gasteiger partial charge in [0.2, 0.25) is 5.78 Å². The molecule has 0 aliphatic carbocycles. The number of ketones is 1. The van der Waals surface area contributed by atoms with Gasteiger partial charge in [-0.25, -0.2) is 21.8 Å². The third kappa shape index (κ3) is 6.14. The van der Waals surface area contributed by atoms with Crippen LogP contribution in [0.3, 0.4) is 0 Å². The molecule has 6 aromatic rings. The molecule has 228 valence electrons. The van der Waals surface area contributed by atoms with Gasteiger partial charge in [0.15, 0.2) is 11.6 Å². The predicted molar refractivity (Wildman–Crippen MR) is 185 cm³/mol. The monoisotopic (exact) mass is 770 g/mol. The van der Waals surface area contributed by atoms with Crippen LogP contribution in [0.2, 0.25) is 0 Å². The fourth-order valence-corrected chi connectivity index (χ4v) is 9.04. The maximum absolute atomic E-state index is 15.9. The molecule has 6 rings (SSSR count). The van der Waals surface area contributed by atoms with Gasteiger partial charge in [-0.1, -0.05) is 42.0 Å². The molecule has 0 radical (unpaired) electrons. The molecule has 45 heavy (non-hydrogen) atoms. The van der Waals surface area contributed by atoms with E-state index in [2.05, 4.69) is 27.6 Å². The molecule has 0 bridgehead atoms. The first-order chi connectivity index (χ1) is 21.3. The van der Waals surface area contributed by atoms with Crippen molar-refractivity contribution in [3.05, 3.63) is 123 Å². The summed E-state index contributed by atoms with van der Waals surface area (Å²) in [4.78, 5) is 17.6. The number of nitrogens with zero attached hydrogens (tertiary/aromatic N) is 2. The van der Waals surface area contributed by atoms with E-state index >= 15 is 4.39 Å². The zero-order valence-corrected chi connectivity index (χ0v) is 28.9. The maximum atomic E-state index is 15.9. The van der Waals surface area contributed by atoms with Crippen molar-refractivity contribution < 1.29 is 26.9 Å². The highest BCUT2D eigenvalue weighted by Gasteiger charge is 2.29. The van der Waals surface area contributed by atoms with Gasteiger partial charge < -0.3 is 9.30 Å². The molecule has 0 spiro atoms. The summed E-state index contributed by atoms with van der Waals surface area (Å²) >= 11 is 3.44. The summed E-state index contributed by atoms with van der Waals surface area (Å²) in [6.45, 7) is 4.82. The first kappa shape index (κ1) is 31.3. The zero-order chi connectivity index (χ0) is 32.1. The molecule has 12 heteroatoms. The second-order valence-corrected chi connectivity index (χ2v) is 17.8. The Hall–Kier alpha value is -3.64. The van der Waals surface area contributed by atoms with Crippen LogP contribution in [0, 0.1) is 16.3 Å². The summed E-state index contributed by atoms with van der Waals surface area (Å²) in [5.74, 6) is -1.04. The highest BCUT2D eigenvalue weighted by atomic mass is 127. The SMILES string of the molecule is Cc1ccc(S(=O)(=O)n2ccc3c(P(C)(C)=O)c(Oc4cccc(-c5nc(C(=O)c6cccc(I)c6)cs5)c4)c(F)cc32)cc1. The number of carbonyl (C=O) groups excluding carboxylic acids is 1. The lowest BCUT2D eigenvalue weighted by Crippen LogP contribution is -2.14. The molecule has 0 amide bonds. The van der Waals surface area contributed by atoms with Crippen molar-refractivity contribution in [1.82, 2.24) is 8.96 Å². The number of aromatic nitrogens is 2. The van der Waals surface area contributed by atoms with Crippen molar-refractivity contribution in [3.63, 3.8) is 0 Å². The molecule has 2 heterocycles. The van der Waals surface area contributed by atoms with Crippen molar-refractivity contribution >= 4 is 73.1 Å². The van der Waals surface area contributed by atoms with Crippen LogP contribution in [0.15, 0.2) is 101 Å². The zero-order valence-electron chi connectivity index (χ0n) is 24.2. The summed E-state index contributed by atoms with van der Waals surface area (Å²) in [5, 5.41) is 2.67. The molecule has 0 saturated heterocycles. The van der Waals surface area contributed by atoms with Gasteiger partial charge >= 0.3 is 0 Å². The molecular formula is C33H25FIN2O5PS2. The molecule has 2 aromatic heterocycles. The summed E-state index contributed by atoms with van der Waals surface area (Å²) < 4.78 is 64.5. The van der Waals surface area contributed by atoms with Crippen LogP contribution in [-0.4, -0.2) is 36.5 Å². The molecule has 0 aliphatic heterocycles. The Bertz CT molecular complexity index is 2270. The molecule has 0 unspecified atom stereocenters. The number of hydrogen-bond donors (Lipinski definition) is 0. The average molecular weight is 771 g/mol. The Balaban J connectivity index is 1.38. The van der Waals surface area contributed by atoms with Gasteiger partial charge in [0, 0.05) is 37.7 Å². The maximum Gasteiger partial charge on any atom is 0.268 e. The summed E-state index contributed by atoms with van der Waals surface area (Å²) in [6, 6.07) is 23.0. The van der Waals surface area contributed by atoms with Crippen molar-refractivity contribution in [3.8, 4) is 22.1 Å². The second-order valence-electron chi connectivity index (χ2n) is 10.8. The van der Waals surface area contributed by atoms with Crippen LogP contribution in [0.5, 0.6) is 11.5 Å². The lowest BCUT2D eigenvalue weighted by atomic mass is 10.1. The van der Waals surface area contributed by atoms with E-state index in [1.165, 1.54) is 49.1 Å². The molecule has 7 nitrogen and oxygen atoms in total. The van der Waals surface area contributed by atoms with E-state index in [0.717, 1.165) is 19.2 Å². The van der Waals surface area contributed by atoms with Crippen LogP contribution < -0.4 is 10.0 Å². The van der Waals surface area contributed by atoms with Crippen molar-refractivity contribution in [2.24, 2.45) is 0 Å². The highest BCUT2D eigenvalue weighted by Crippen LogP contribution is 2.45. The number of carbonyl (C=O) groups is 1. The summed E-state index contributed by atoms with van der Waals surface area (Å²) in [6.07, 6.45) is 1.33. The van der Waals surface area contributed by atoms with Crippen LogP contribution in [0.4, 0.5) is 4.39 Å². The minimum atomic E-state index is -4.06. The normalized spacial score (nSPS) is 12.0. The Morgan fingerprint density at radius 2 is 1.73 bits per heavy atom. The number of ether oxygens (including phenoxy) is 1. The number of thiazole rings is 1. The predicted octanol–water partition coefficient (Wildman–Crippen LogP) is 8.33. The molecule has 0 fully saturated rings. The number of benzene rings is 4. The highest BCUT2D eigenvalue weighted by molar-refractivity contribution is 14.1. The van der Waals surface area contributed by atoms with Crippen LogP contribution in [0.1, 0.15) is 21.6 Å². The number of aryl methyl sites for hydroxylation is 1. The molecule has 0 atom stereocenters. The van der Waals surface area contributed by atoms with Gasteiger partial charge in [0.05, 0.1) is 15.7 Å². The van der Waals surface area contributed by atoms with Gasteiger partial charge in [-0.3, -0.25) is 4.79 Å². The fourth-order valence-electron chi connectivity index (χ4n) is 4.95. The van der Waals surface area contributed by atoms with E-state index in [1.807, 2.05) is 19.1 Å². The fraction of sp³-hybridized carbons (Fsp3) is 0.0909. The third-order valence-corrected chi connectivity index (χ3v) is 11.9. The molecule has 0 saturated carbocycles. The smallest absolute Gasteiger partial charge is 0.268 e. The topological polar surface area (TPSA) is 95.3 Å². The first-order valence-electron chi connectivity index (χ1n) is 13.6. The molecular weight excluding hydrogens is 745 g/mol. The standard InChI is InChI=1S/C33H25FIN2O5PS2/c1-20-10-12-25(13-11-20)45(40,41)37-15-14-26-29(37)18-27(34)31(32(26)43(2,3)39)42-24-9-5-7-22(17-24)33-36-28(19-44-33)30(38)21-6-4-8-23(35)16-21/h4-19H,1-3H3. The van der Waals surface area contributed by atoms with Crippen LogP contribution in [-0.2, 0) is 14.6 Å². The lowest BCUT2D eigenvalue weighted by molar-refractivity contribution is 0.103. The van der Waals surface area contributed by atoms with E-state index in [1.54, 1.807) is 53.9 Å². The molecule has 0 aliphatic rings. The van der Waals surface area contributed by atoms with E-state index in [4.69, 9.17) is 4.74 Å². The summed E-state index contributed by atoms with van der Waals surface area (Å²) in [7, 11) is -7.28. The van der Waals surface area contributed by atoms with Gasteiger partial charge in [-0.05, 0) is 85.3 Å². The average Bonchev–Trinajstić information content (AvgIpc) is 3.65. The van der Waals surface area contributed by atoms with Gasteiger partial charge in [-0.2, -0.15) is 0 Å². The van der Waals surface area contributed by atoms with Crippen molar-refractivity contribution in [2.75, 3.05) is 13.3 Å². The summed E-state index contributed by atoms with van der Waals surface area (Å²) in [5.41, 5.74) is 2.45. The van der Waals surface area contributed by atoms with Crippen molar-refractivity contribution in [2.45, 2.75) is 11.8 Å². The van der Waals surface area contributed by atoms with Crippen LogP contribution >= 0.6 is 41.1 Å². The molecule has 0 N–H and O–H groups in total. The second kappa shape index (κ2) is 11.9. The van der Waals surface area contributed by atoms with E-state index in [9.17, 15) is 17.8 Å². The van der Waals surface area contributed by atoms with E-state index in [-0.39, 0.29) is 33.0 Å². The number of fused-ring (bicyclic) bond motifs is 1. The van der Waals surface area contributed by atoms with Crippen LogP contribution in [0.25, 0.3) is 21.5 Å². The Morgan fingerprint density at radius 1 is 1.00 bits per heavy atom. The molecule has 4 aromatic carbocycles. The van der Waals surface area contributed by atoms with E-state index < -0.39 is 23.0 Å². The van der Waals surface area contributed by atoms with E-state index in [0.29, 0.717) is 27.2 Å². The van der Waals surface area contributed by atoms with Crippen molar-refractivity contribution in [1.29, 1.82) is 0 Å². The number of halogens is 2.